The molecule has 0 aliphatic rings. The van der Waals surface area contributed by atoms with Crippen LogP contribution in [0, 0.1) is 11.6 Å². The third kappa shape index (κ3) is 3.82. The van der Waals surface area contributed by atoms with E-state index in [0.29, 0.717) is 22.8 Å². The standard InChI is InChI=1S/C18H13F2NO4/c1-10(18(23)21-15-6-4-12(19)8-14(15)20)24-13-5-2-11-3-7-17(22)25-16(11)9-13/h2-10H,1H3,(H,21,23)/t10-/m1/s1. The van der Waals surface area contributed by atoms with Gasteiger partial charge >= 0.3 is 5.63 Å². The highest BCUT2D eigenvalue weighted by Crippen LogP contribution is 2.21. The SMILES string of the molecule is C[C@@H](Oc1ccc2ccc(=O)oc2c1)C(=O)Nc1ccc(F)cc1F. The fourth-order valence-electron chi connectivity index (χ4n) is 2.20. The van der Waals surface area contributed by atoms with E-state index in [1.807, 2.05) is 0 Å². The Labute approximate surface area is 140 Å². The van der Waals surface area contributed by atoms with Crippen molar-refractivity contribution in [1.29, 1.82) is 0 Å². The summed E-state index contributed by atoms with van der Waals surface area (Å²) in [6, 6.07) is 10.5. The van der Waals surface area contributed by atoms with E-state index in [4.69, 9.17) is 9.15 Å². The Morgan fingerprint density at radius 1 is 1.12 bits per heavy atom. The molecule has 128 valence electrons. The molecule has 2 aromatic carbocycles. The zero-order valence-electron chi connectivity index (χ0n) is 13.1. The van der Waals surface area contributed by atoms with Gasteiger partial charge in [0.15, 0.2) is 6.10 Å². The van der Waals surface area contributed by atoms with Gasteiger partial charge in [0.05, 0.1) is 5.69 Å². The van der Waals surface area contributed by atoms with E-state index in [1.165, 1.54) is 19.1 Å². The second-order valence-corrected chi connectivity index (χ2v) is 5.33. The number of carbonyl (C=O) groups excluding carboxylic acids is 1. The molecule has 0 saturated carbocycles. The first kappa shape index (κ1) is 16.6. The van der Waals surface area contributed by atoms with Crippen molar-refractivity contribution >= 4 is 22.6 Å². The highest BCUT2D eigenvalue weighted by molar-refractivity contribution is 5.94. The first-order valence-electron chi connectivity index (χ1n) is 7.39. The number of amides is 1. The van der Waals surface area contributed by atoms with Crippen LogP contribution >= 0.6 is 0 Å². The molecule has 0 bridgehead atoms. The first-order valence-corrected chi connectivity index (χ1v) is 7.39. The van der Waals surface area contributed by atoms with Crippen molar-refractivity contribution < 1.29 is 22.7 Å². The van der Waals surface area contributed by atoms with Gasteiger partial charge in [0, 0.05) is 23.6 Å². The Morgan fingerprint density at radius 3 is 2.64 bits per heavy atom. The van der Waals surface area contributed by atoms with Crippen molar-refractivity contribution in [3.05, 3.63) is 70.6 Å². The lowest BCUT2D eigenvalue weighted by atomic mass is 10.2. The highest BCUT2D eigenvalue weighted by atomic mass is 19.1. The lowest BCUT2D eigenvalue weighted by Gasteiger charge is -2.15. The number of ether oxygens (including phenoxy) is 1. The van der Waals surface area contributed by atoms with E-state index < -0.39 is 29.3 Å². The maximum Gasteiger partial charge on any atom is 0.336 e. The van der Waals surface area contributed by atoms with Crippen LogP contribution in [0.2, 0.25) is 0 Å². The fraction of sp³-hybridized carbons (Fsp3) is 0.111. The molecule has 5 nitrogen and oxygen atoms in total. The summed E-state index contributed by atoms with van der Waals surface area (Å²) in [5.41, 5.74) is -0.323. The Balaban J connectivity index is 1.73. The van der Waals surface area contributed by atoms with Crippen LogP contribution in [-0.2, 0) is 4.79 Å². The number of hydrogen-bond acceptors (Lipinski definition) is 4. The number of benzene rings is 2. The number of anilines is 1. The number of rotatable bonds is 4. The largest absolute Gasteiger partial charge is 0.481 e. The monoisotopic (exact) mass is 345 g/mol. The van der Waals surface area contributed by atoms with Crippen LogP contribution in [0.25, 0.3) is 11.0 Å². The molecular weight excluding hydrogens is 332 g/mol. The quantitative estimate of drug-likeness (QED) is 0.735. The molecule has 7 heteroatoms. The third-order valence-corrected chi connectivity index (χ3v) is 3.47. The Kier molecular flexibility index (Phi) is 4.47. The highest BCUT2D eigenvalue weighted by Gasteiger charge is 2.17. The molecule has 0 unspecified atom stereocenters. The number of nitrogens with one attached hydrogen (secondary N) is 1. The molecular formula is C18H13F2NO4. The van der Waals surface area contributed by atoms with Crippen molar-refractivity contribution in [2.75, 3.05) is 5.32 Å². The van der Waals surface area contributed by atoms with E-state index in [1.54, 1.807) is 18.2 Å². The van der Waals surface area contributed by atoms with Gasteiger partial charge in [-0.15, -0.1) is 0 Å². The summed E-state index contributed by atoms with van der Waals surface area (Å²) in [5, 5.41) is 3.03. The molecule has 1 N–H and O–H groups in total. The van der Waals surface area contributed by atoms with Crippen molar-refractivity contribution in [3.8, 4) is 5.75 Å². The second-order valence-electron chi connectivity index (χ2n) is 5.33. The van der Waals surface area contributed by atoms with Crippen LogP contribution in [0.3, 0.4) is 0 Å². The van der Waals surface area contributed by atoms with Crippen LogP contribution in [-0.4, -0.2) is 12.0 Å². The second kappa shape index (κ2) is 6.72. The summed E-state index contributed by atoms with van der Waals surface area (Å²) in [5.74, 6) is -1.92. The van der Waals surface area contributed by atoms with Gasteiger partial charge in [0.25, 0.3) is 5.91 Å². The maximum atomic E-state index is 13.6. The predicted molar refractivity (Wildman–Crippen MR) is 87.6 cm³/mol. The van der Waals surface area contributed by atoms with Gasteiger partial charge < -0.3 is 14.5 Å². The minimum absolute atomic E-state index is 0.147. The van der Waals surface area contributed by atoms with E-state index in [2.05, 4.69) is 5.32 Å². The summed E-state index contributed by atoms with van der Waals surface area (Å²) in [4.78, 5) is 23.4. The minimum atomic E-state index is -0.961. The molecule has 1 heterocycles. The number of carbonyl (C=O) groups is 1. The fourth-order valence-corrected chi connectivity index (χ4v) is 2.20. The average Bonchev–Trinajstić information content (AvgIpc) is 2.57. The van der Waals surface area contributed by atoms with Gasteiger partial charge in [-0.1, -0.05) is 0 Å². The molecule has 0 aliphatic carbocycles. The Morgan fingerprint density at radius 2 is 1.88 bits per heavy atom. The smallest absolute Gasteiger partial charge is 0.336 e. The average molecular weight is 345 g/mol. The van der Waals surface area contributed by atoms with Gasteiger partial charge in [-0.05, 0) is 37.3 Å². The Hall–Kier alpha value is -3.22. The lowest BCUT2D eigenvalue weighted by molar-refractivity contribution is -0.122. The zero-order chi connectivity index (χ0) is 18.0. The minimum Gasteiger partial charge on any atom is -0.481 e. The van der Waals surface area contributed by atoms with Gasteiger partial charge in [-0.3, -0.25) is 4.79 Å². The number of fused-ring (bicyclic) bond motifs is 1. The van der Waals surface area contributed by atoms with Crippen LogP contribution in [0.1, 0.15) is 6.92 Å². The topological polar surface area (TPSA) is 68.5 Å². The molecule has 25 heavy (non-hydrogen) atoms. The third-order valence-electron chi connectivity index (χ3n) is 3.47. The summed E-state index contributed by atoms with van der Waals surface area (Å²) in [7, 11) is 0. The van der Waals surface area contributed by atoms with E-state index in [9.17, 15) is 18.4 Å². The van der Waals surface area contributed by atoms with Crippen LogP contribution in [0.4, 0.5) is 14.5 Å². The molecule has 3 rings (SSSR count). The summed E-state index contributed by atoms with van der Waals surface area (Å²) < 4.78 is 37.0. The number of hydrogen-bond donors (Lipinski definition) is 1. The molecule has 0 aliphatic heterocycles. The maximum absolute atomic E-state index is 13.6. The van der Waals surface area contributed by atoms with Gasteiger partial charge in [-0.2, -0.15) is 0 Å². The van der Waals surface area contributed by atoms with Gasteiger partial charge in [-0.25, -0.2) is 13.6 Å². The molecule has 1 amide bonds. The summed E-state index contributed by atoms with van der Waals surface area (Å²) >= 11 is 0. The van der Waals surface area contributed by atoms with Crippen LogP contribution in [0.15, 0.2) is 57.7 Å². The summed E-state index contributed by atoms with van der Waals surface area (Å²) in [6.07, 6.45) is -0.961. The normalized spacial score (nSPS) is 12.0. The molecule has 0 fully saturated rings. The number of halogens is 2. The summed E-state index contributed by atoms with van der Waals surface area (Å²) in [6.45, 7) is 1.47. The molecule has 0 radical (unpaired) electrons. The zero-order valence-corrected chi connectivity index (χ0v) is 13.1. The van der Waals surface area contributed by atoms with E-state index in [0.717, 1.165) is 12.1 Å². The van der Waals surface area contributed by atoms with Crippen molar-refractivity contribution in [2.45, 2.75) is 13.0 Å². The van der Waals surface area contributed by atoms with E-state index in [-0.39, 0.29) is 5.69 Å². The van der Waals surface area contributed by atoms with Crippen LogP contribution in [0.5, 0.6) is 5.75 Å². The molecule has 1 atom stereocenters. The van der Waals surface area contributed by atoms with Crippen molar-refractivity contribution in [2.24, 2.45) is 0 Å². The molecule has 1 aromatic heterocycles. The molecule has 3 aromatic rings. The van der Waals surface area contributed by atoms with Gasteiger partial charge in [0.1, 0.15) is 23.0 Å². The predicted octanol–water partition coefficient (Wildman–Crippen LogP) is 3.48. The van der Waals surface area contributed by atoms with Crippen molar-refractivity contribution in [3.63, 3.8) is 0 Å². The lowest BCUT2D eigenvalue weighted by Crippen LogP contribution is -2.30. The van der Waals surface area contributed by atoms with E-state index >= 15 is 0 Å². The first-order chi connectivity index (χ1) is 11.9. The van der Waals surface area contributed by atoms with Crippen molar-refractivity contribution in [1.82, 2.24) is 0 Å². The molecule has 0 spiro atoms. The van der Waals surface area contributed by atoms with Crippen LogP contribution < -0.4 is 15.7 Å². The van der Waals surface area contributed by atoms with Gasteiger partial charge in [0.2, 0.25) is 0 Å². The Bertz CT molecular complexity index is 1000. The molecule has 0 saturated heterocycles.